The zero-order valence-electron chi connectivity index (χ0n) is 9.53. The van der Waals surface area contributed by atoms with Crippen LogP contribution in [0.3, 0.4) is 0 Å². The summed E-state index contributed by atoms with van der Waals surface area (Å²) in [7, 11) is -3.22. The first kappa shape index (κ1) is 12.6. The van der Waals surface area contributed by atoms with Crippen LogP contribution in [-0.2, 0) is 14.7 Å². The van der Waals surface area contributed by atoms with Crippen molar-refractivity contribution in [2.45, 2.75) is 18.2 Å². The van der Waals surface area contributed by atoms with E-state index in [1.165, 1.54) is 6.26 Å². The molecule has 0 bridgehead atoms. The SMILES string of the molecule is Cc1c(Br)cc(S(C)(=O)=O)cc1C1=NOCC1. The summed E-state index contributed by atoms with van der Waals surface area (Å²) in [5.74, 6) is 0. The average Bonchev–Trinajstić information content (AvgIpc) is 2.73. The van der Waals surface area contributed by atoms with Gasteiger partial charge in [0.05, 0.1) is 10.6 Å². The minimum absolute atomic E-state index is 0.291. The molecule has 0 N–H and O–H groups in total. The summed E-state index contributed by atoms with van der Waals surface area (Å²) < 4.78 is 23.9. The number of hydrogen-bond acceptors (Lipinski definition) is 4. The first-order valence-corrected chi connectivity index (χ1v) is 7.77. The molecule has 0 saturated carbocycles. The standard InChI is InChI=1S/C11H12BrNO3S/c1-7-9(11-3-4-16-13-11)5-8(6-10(7)12)17(2,14)15/h5-6H,3-4H2,1-2H3. The van der Waals surface area contributed by atoms with Crippen LogP contribution < -0.4 is 0 Å². The highest BCUT2D eigenvalue weighted by Gasteiger charge is 2.18. The van der Waals surface area contributed by atoms with Crippen molar-refractivity contribution in [2.75, 3.05) is 12.9 Å². The second-order valence-corrected chi connectivity index (χ2v) is 6.84. The molecule has 1 aliphatic rings. The maximum Gasteiger partial charge on any atom is 0.175 e. The lowest BCUT2D eigenvalue weighted by atomic mass is 10.0. The molecule has 0 unspecified atom stereocenters. The molecule has 0 radical (unpaired) electrons. The Hall–Kier alpha value is -0.880. The highest BCUT2D eigenvalue weighted by molar-refractivity contribution is 9.10. The quantitative estimate of drug-likeness (QED) is 0.841. The first-order chi connectivity index (χ1) is 7.89. The molecule has 1 aliphatic heterocycles. The topological polar surface area (TPSA) is 55.7 Å². The average molecular weight is 318 g/mol. The Bertz CT molecular complexity index is 593. The second-order valence-electron chi connectivity index (χ2n) is 3.97. The van der Waals surface area contributed by atoms with Gasteiger partial charge in [-0.1, -0.05) is 21.1 Å². The number of nitrogens with zero attached hydrogens (tertiary/aromatic N) is 1. The molecular formula is C11H12BrNO3S. The van der Waals surface area contributed by atoms with Gasteiger partial charge in [0.1, 0.15) is 6.61 Å². The smallest absolute Gasteiger partial charge is 0.175 e. The molecule has 1 aromatic carbocycles. The van der Waals surface area contributed by atoms with Gasteiger partial charge in [0.15, 0.2) is 9.84 Å². The van der Waals surface area contributed by atoms with E-state index in [2.05, 4.69) is 21.1 Å². The Labute approximate surface area is 109 Å². The summed E-state index contributed by atoms with van der Waals surface area (Å²) in [5, 5.41) is 3.93. The zero-order valence-corrected chi connectivity index (χ0v) is 11.9. The Morgan fingerprint density at radius 3 is 2.65 bits per heavy atom. The fraction of sp³-hybridized carbons (Fsp3) is 0.364. The molecule has 4 nitrogen and oxygen atoms in total. The van der Waals surface area contributed by atoms with Crippen LogP contribution in [0.15, 0.2) is 26.7 Å². The van der Waals surface area contributed by atoms with E-state index in [0.29, 0.717) is 17.9 Å². The Morgan fingerprint density at radius 1 is 1.41 bits per heavy atom. The minimum Gasteiger partial charge on any atom is -0.395 e. The maximum atomic E-state index is 11.6. The molecule has 0 saturated heterocycles. The fourth-order valence-corrected chi connectivity index (χ4v) is 2.94. The van der Waals surface area contributed by atoms with Crippen molar-refractivity contribution in [1.29, 1.82) is 0 Å². The van der Waals surface area contributed by atoms with Crippen molar-refractivity contribution in [3.8, 4) is 0 Å². The van der Waals surface area contributed by atoms with Crippen LogP contribution in [0.25, 0.3) is 0 Å². The van der Waals surface area contributed by atoms with Crippen LogP contribution in [-0.4, -0.2) is 27.0 Å². The molecule has 17 heavy (non-hydrogen) atoms. The van der Waals surface area contributed by atoms with E-state index in [1.54, 1.807) is 12.1 Å². The number of benzene rings is 1. The van der Waals surface area contributed by atoms with Crippen LogP contribution in [0.4, 0.5) is 0 Å². The summed E-state index contributed by atoms with van der Waals surface area (Å²) in [4.78, 5) is 5.25. The highest BCUT2D eigenvalue weighted by Crippen LogP contribution is 2.27. The third-order valence-electron chi connectivity index (χ3n) is 2.66. The highest BCUT2D eigenvalue weighted by atomic mass is 79.9. The molecule has 0 aromatic heterocycles. The Kier molecular flexibility index (Phi) is 3.27. The van der Waals surface area contributed by atoms with Crippen molar-refractivity contribution in [3.05, 3.63) is 27.7 Å². The van der Waals surface area contributed by atoms with Crippen LogP contribution in [0.5, 0.6) is 0 Å². The minimum atomic E-state index is -3.22. The summed E-state index contributed by atoms with van der Waals surface area (Å²) in [5.41, 5.74) is 2.60. The molecule has 0 fully saturated rings. The summed E-state index contributed by atoms with van der Waals surface area (Å²) in [6, 6.07) is 3.27. The molecule has 1 aromatic rings. The lowest BCUT2D eigenvalue weighted by Gasteiger charge is -2.09. The van der Waals surface area contributed by atoms with E-state index in [0.717, 1.165) is 21.3 Å². The van der Waals surface area contributed by atoms with E-state index < -0.39 is 9.84 Å². The van der Waals surface area contributed by atoms with E-state index >= 15 is 0 Å². The lowest BCUT2D eigenvalue weighted by Crippen LogP contribution is -2.05. The predicted molar refractivity (Wildman–Crippen MR) is 69.1 cm³/mol. The normalized spacial score (nSPS) is 15.6. The predicted octanol–water partition coefficient (Wildman–Crippen LogP) is 2.29. The number of rotatable bonds is 2. The molecular weight excluding hydrogens is 306 g/mol. The van der Waals surface area contributed by atoms with Crippen molar-refractivity contribution in [2.24, 2.45) is 5.16 Å². The van der Waals surface area contributed by atoms with Gasteiger partial charge in [-0.25, -0.2) is 8.42 Å². The largest absolute Gasteiger partial charge is 0.395 e. The molecule has 0 amide bonds. The maximum absolute atomic E-state index is 11.6. The Morgan fingerprint density at radius 2 is 2.12 bits per heavy atom. The lowest BCUT2D eigenvalue weighted by molar-refractivity contribution is 0.174. The number of oxime groups is 1. The van der Waals surface area contributed by atoms with Gasteiger partial charge in [-0.15, -0.1) is 0 Å². The van der Waals surface area contributed by atoms with Crippen molar-refractivity contribution < 1.29 is 13.3 Å². The Balaban J connectivity index is 2.62. The summed E-state index contributed by atoms with van der Waals surface area (Å²) in [6.45, 7) is 2.47. The van der Waals surface area contributed by atoms with Gasteiger partial charge in [-0.05, 0) is 24.6 Å². The van der Waals surface area contributed by atoms with Crippen LogP contribution in [0.1, 0.15) is 17.5 Å². The van der Waals surface area contributed by atoms with Crippen LogP contribution >= 0.6 is 15.9 Å². The van der Waals surface area contributed by atoms with E-state index in [9.17, 15) is 8.42 Å². The molecule has 1 heterocycles. The fourth-order valence-electron chi connectivity index (χ4n) is 1.66. The van der Waals surface area contributed by atoms with Gasteiger partial charge in [-0.2, -0.15) is 0 Å². The number of halogens is 1. The van der Waals surface area contributed by atoms with Crippen molar-refractivity contribution in [1.82, 2.24) is 0 Å². The van der Waals surface area contributed by atoms with Gasteiger partial charge < -0.3 is 4.84 Å². The van der Waals surface area contributed by atoms with Crippen molar-refractivity contribution in [3.63, 3.8) is 0 Å². The molecule has 6 heteroatoms. The molecule has 92 valence electrons. The van der Waals surface area contributed by atoms with Gasteiger partial charge in [0.2, 0.25) is 0 Å². The monoisotopic (exact) mass is 317 g/mol. The van der Waals surface area contributed by atoms with Gasteiger partial charge in [-0.3, -0.25) is 0 Å². The molecule has 2 rings (SSSR count). The van der Waals surface area contributed by atoms with E-state index in [4.69, 9.17) is 4.84 Å². The third-order valence-corrected chi connectivity index (χ3v) is 4.58. The van der Waals surface area contributed by atoms with E-state index in [1.807, 2.05) is 6.92 Å². The summed E-state index contributed by atoms with van der Waals surface area (Å²) >= 11 is 3.38. The zero-order chi connectivity index (χ0) is 12.6. The molecule has 0 atom stereocenters. The molecule has 0 spiro atoms. The summed E-state index contributed by atoms with van der Waals surface area (Å²) in [6.07, 6.45) is 1.90. The van der Waals surface area contributed by atoms with Crippen LogP contribution in [0.2, 0.25) is 0 Å². The molecule has 0 aliphatic carbocycles. The second kappa shape index (κ2) is 4.42. The number of hydrogen-bond donors (Lipinski definition) is 0. The third kappa shape index (κ3) is 2.52. The van der Waals surface area contributed by atoms with Crippen LogP contribution in [0, 0.1) is 6.92 Å². The van der Waals surface area contributed by atoms with Gasteiger partial charge in [0.25, 0.3) is 0 Å². The van der Waals surface area contributed by atoms with Crippen molar-refractivity contribution >= 4 is 31.5 Å². The van der Waals surface area contributed by atoms with Gasteiger partial charge >= 0.3 is 0 Å². The van der Waals surface area contributed by atoms with Gasteiger partial charge in [0, 0.05) is 22.7 Å². The first-order valence-electron chi connectivity index (χ1n) is 5.09. The number of sulfone groups is 1. The van der Waals surface area contributed by atoms with E-state index in [-0.39, 0.29) is 0 Å².